The Hall–Kier alpha value is -2.79. The molecule has 4 rings (SSSR count). The zero-order valence-electron chi connectivity index (χ0n) is 17.7. The Morgan fingerprint density at radius 2 is 2.03 bits per heavy atom. The molecule has 32 heavy (non-hydrogen) atoms. The van der Waals surface area contributed by atoms with Crippen LogP contribution in [0.5, 0.6) is 0 Å². The highest BCUT2D eigenvalue weighted by Crippen LogP contribution is 2.35. The van der Waals surface area contributed by atoms with Crippen LogP contribution in [0.25, 0.3) is 0 Å². The topological polar surface area (TPSA) is 118 Å². The van der Waals surface area contributed by atoms with Gasteiger partial charge in [0.1, 0.15) is 17.2 Å². The molecule has 0 bridgehead atoms. The summed E-state index contributed by atoms with van der Waals surface area (Å²) < 4.78 is 28.6. The van der Waals surface area contributed by atoms with Crippen molar-refractivity contribution in [3.8, 4) is 0 Å². The monoisotopic (exact) mass is 472 g/mol. The first-order valence-corrected chi connectivity index (χ1v) is 12.5. The molecular weight excluding hydrogens is 448 g/mol. The minimum atomic E-state index is -3.74. The Kier molecular flexibility index (Phi) is 6.29. The van der Waals surface area contributed by atoms with Gasteiger partial charge in [0, 0.05) is 17.3 Å². The van der Waals surface area contributed by atoms with E-state index in [0.29, 0.717) is 12.2 Å². The van der Waals surface area contributed by atoms with E-state index in [1.807, 2.05) is 43.5 Å². The van der Waals surface area contributed by atoms with Gasteiger partial charge in [0.25, 0.3) is 5.91 Å². The van der Waals surface area contributed by atoms with Crippen LogP contribution in [0.15, 0.2) is 68.3 Å². The van der Waals surface area contributed by atoms with Gasteiger partial charge >= 0.3 is 0 Å². The largest absolute Gasteiger partial charge is 0.460 e. The van der Waals surface area contributed by atoms with Crippen LogP contribution in [0.3, 0.4) is 0 Å². The van der Waals surface area contributed by atoms with E-state index in [2.05, 4.69) is 10.4 Å². The molecule has 1 amide bonds. The molecule has 1 aliphatic rings. The Morgan fingerprint density at radius 1 is 1.28 bits per heavy atom. The van der Waals surface area contributed by atoms with Gasteiger partial charge in [-0.15, -0.1) is 11.3 Å². The van der Waals surface area contributed by atoms with Crippen LogP contribution in [0.2, 0.25) is 0 Å². The van der Waals surface area contributed by atoms with Gasteiger partial charge in [-0.1, -0.05) is 18.2 Å². The number of amides is 1. The highest BCUT2D eigenvalue weighted by molar-refractivity contribution is 7.89. The average Bonchev–Trinajstić information content (AvgIpc) is 3.51. The summed E-state index contributed by atoms with van der Waals surface area (Å²) in [5.74, 6) is 1.31. The molecule has 0 radical (unpaired) electrons. The maximum atomic E-state index is 13.1. The summed E-state index contributed by atoms with van der Waals surface area (Å²) >= 11 is 1.59. The quantitative estimate of drug-likeness (QED) is 0.547. The molecule has 168 valence electrons. The Bertz CT molecular complexity index is 1230. The molecule has 3 N–H and O–H groups in total. The molecule has 0 aliphatic carbocycles. The van der Waals surface area contributed by atoms with Crippen LogP contribution >= 0.6 is 11.3 Å². The lowest BCUT2D eigenvalue weighted by Crippen LogP contribution is -2.36. The number of rotatable bonds is 7. The highest BCUT2D eigenvalue weighted by atomic mass is 32.2. The van der Waals surface area contributed by atoms with E-state index in [4.69, 9.17) is 9.56 Å². The number of nitrogens with one attached hydrogen (secondary N) is 1. The minimum absolute atomic E-state index is 0.0513. The Labute approximate surface area is 190 Å². The summed E-state index contributed by atoms with van der Waals surface area (Å²) in [6.07, 6.45) is 0.587. The molecule has 10 heteroatoms. The van der Waals surface area contributed by atoms with Gasteiger partial charge in [0.05, 0.1) is 17.5 Å². The number of hydrogen-bond acceptors (Lipinski definition) is 7. The van der Waals surface area contributed by atoms with Crippen LogP contribution in [0, 0.1) is 6.92 Å². The van der Waals surface area contributed by atoms with Crippen LogP contribution < -0.4 is 10.5 Å². The lowest BCUT2D eigenvalue weighted by atomic mass is 10.1. The summed E-state index contributed by atoms with van der Waals surface area (Å²) in [4.78, 5) is 14.2. The van der Waals surface area contributed by atoms with Gasteiger partial charge in [-0.25, -0.2) is 18.6 Å². The van der Waals surface area contributed by atoms with Gasteiger partial charge < -0.3 is 9.73 Å². The number of hydrogen-bond donors (Lipinski definition) is 2. The van der Waals surface area contributed by atoms with E-state index in [1.165, 1.54) is 17.1 Å². The van der Waals surface area contributed by atoms with Crippen LogP contribution in [-0.4, -0.2) is 31.6 Å². The summed E-state index contributed by atoms with van der Waals surface area (Å²) in [6.45, 7) is 3.85. The molecule has 3 heterocycles. The third-order valence-corrected chi connectivity index (χ3v) is 7.23. The van der Waals surface area contributed by atoms with Gasteiger partial charge in [-0.05, 0) is 55.1 Å². The van der Waals surface area contributed by atoms with E-state index in [-0.39, 0.29) is 29.4 Å². The zero-order valence-corrected chi connectivity index (χ0v) is 19.3. The van der Waals surface area contributed by atoms with Crippen molar-refractivity contribution in [2.45, 2.75) is 37.2 Å². The van der Waals surface area contributed by atoms with Crippen molar-refractivity contribution in [3.63, 3.8) is 0 Å². The lowest BCUT2D eigenvalue weighted by Gasteiger charge is -2.22. The SMILES string of the molecule is Cc1ccc(C2=NN(C(=O)CN[C@H](C)c3ccc(S(N)(=O)=O)cc3)[C@H](c3cccs3)C2)o1. The first-order chi connectivity index (χ1) is 15.2. The first kappa shape index (κ1) is 22.4. The first-order valence-electron chi connectivity index (χ1n) is 10.1. The van der Waals surface area contributed by atoms with E-state index in [1.54, 1.807) is 23.5 Å². The third-order valence-electron chi connectivity index (χ3n) is 5.33. The molecule has 0 unspecified atom stereocenters. The van der Waals surface area contributed by atoms with Crippen molar-refractivity contribution in [1.82, 2.24) is 10.3 Å². The molecule has 3 aromatic rings. The van der Waals surface area contributed by atoms with Crippen LogP contribution in [-0.2, 0) is 14.8 Å². The van der Waals surface area contributed by atoms with Gasteiger partial charge in [0.2, 0.25) is 10.0 Å². The standard InChI is InChI=1S/C22H24N4O4S2/c1-14-5-10-20(30-14)18-12-19(21-4-3-11-31-21)26(25-18)22(27)13-24-15(2)16-6-8-17(9-7-16)32(23,28)29/h3-11,15,19,24H,12-13H2,1-2H3,(H2,23,28,29)/t15-,19+/m1/s1. The fraction of sp³-hybridized carbons (Fsp3) is 0.273. The maximum Gasteiger partial charge on any atom is 0.257 e. The normalized spacial score (nSPS) is 17.4. The second kappa shape index (κ2) is 8.99. The number of carbonyl (C=O) groups excluding carboxylic acids is 1. The van der Waals surface area contributed by atoms with Gasteiger partial charge in [0.15, 0.2) is 0 Å². The van der Waals surface area contributed by atoms with Crippen molar-refractivity contribution in [2.75, 3.05) is 6.54 Å². The van der Waals surface area contributed by atoms with E-state index in [9.17, 15) is 13.2 Å². The lowest BCUT2D eigenvalue weighted by molar-refractivity contribution is -0.132. The zero-order chi connectivity index (χ0) is 22.9. The van der Waals surface area contributed by atoms with Crippen LogP contribution in [0.4, 0.5) is 0 Å². The minimum Gasteiger partial charge on any atom is -0.460 e. The number of primary sulfonamides is 1. The second-order valence-corrected chi connectivity index (χ2v) is 10.2. The van der Waals surface area contributed by atoms with Crippen molar-refractivity contribution >= 4 is 33.0 Å². The van der Waals surface area contributed by atoms with E-state index in [0.717, 1.165) is 21.9 Å². The Morgan fingerprint density at radius 3 is 2.62 bits per heavy atom. The van der Waals surface area contributed by atoms with E-state index >= 15 is 0 Å². The van der Waals surface area contributed by atoms with Crippen molar-refractivity contribution in [1.29, 1.82) is 0 Å². The molecule has 8 nitrogen and oxygen atoms in total. The number of nitrogens with two attached hydrogens (primary N) is 1. The van der Waals surface area contributed by atoms with Gasteiger partial charge in [-0.3, -0.25) is 4.79 Å². The summed E-state index contributed by atoms with van der Waals surface area (Å²) in [5.41, 5.74) is 1.59. The fourth-order valence-electron chi connectivity index (χ4n) is 3.57. The predicted octanol–water partition coefficient (Wildman–Crippen LogP) is 3.33. The maximum absolute atomic E-state index is 13.1. The van der Waals surface area contributed by atoms with Crippen molar-refractivity contribution < 1.29 is 17.6 Å². The molecule has 1 aliphatic heterocycles. The summed E-state index contributed by atoms with van der Waals surface area (Å²) in [7, 11) is -3.74. The average molecular weight is 473 g/mol. The molecule has 0 spiro atoms. The second-order valence-electron chi connectivity index (χ2n) is 7.65. The highest BCUT2D eigenvalue weighted by Gasteiger charge is 2.34. The molecule has 2 atom stereocenters. The van der Waals surface area contributed by atoms with Gasteiger partial charge in [-0.2, -0.15) is 5.10 Å². The molecular formula is C22H24N4O4S2. The smallest absolute Gasteiger partial charge is 0.257 e. The molecule has 2 aromatic heterocycles. The number of hydrazone groups is 1. The number of furan rings is 1. The molecule has 0 saturated carbocycles. The van der Waals surface area contributed by atoms with Crippen molar-refractivity contribution in [3.05, 3.63) is 75.9 Å². The number of sulfonamides is 1. The number of nitrogens with zero attached hydrogens (tertiary/aromatic N) is 2. The third kappa shape index (κ3) is 4.83. The summed E-state index contributed by atoms with van der Waals surface area (Å²) in [5, 5.41) is 16.5. The molecule has 1 aromatic carbocycles. The van der Waals surface area contributed by atoms with Crippen LogP contribution in [0.1, 0.15) is 47.4 Å². The molecule has 0 fully saturated rings. The predicted molar refractivity (Wildman–Crippen MR) is 123 cm³/mol. The fourth-order valence-corrected chi connectivity index (χ4v) is 4.89. The summed E-state index contributed by atoms with van der Waals surface area (Å²) in [6, 6.07) is 13.7. The number of thiophene rings is 1. The molecule has 0 saturated heterocycles. The number of benzene rings is 1. The Balaban J connectivity index is 1.47. The number of aryl methyl sites for hydroxylation is 1. The van der Waals surface area contributed by atoms with Crippen molar-refractivity contribution in [2.24, 2.45) is 10.2 Å². The number of carbonyl (C=O) groups is 1. The van der Waals surface area contributed by atoms with E-state index < -0.39 is 10.0 Å².